The molecule has 2 aromatic rings. The summed E-state index contributed by atoms with van der Waals surface area (Å²) in [5.74, 6) is 0.895. The smallest absolute Gasteiger partial charge is 0.119 e. The molecular formula is C15H21N3O. The first-order chi connectivity index (χ1) is 9.20. The van der Waals surface area contributed by atoms with Gasteiger partial charge < -0.3 is 10.1 Å². The summed E-state index contributed by atoms with van der Waals surface area (Å²) in [6.07, 6.45) is 2.07. The predicted molar refractivity (Wildman–Crippen MR) is 77.2 cm³/mol. The zero-order valence-corrected chi connectivity index (χ0v) is 11.7. The van der Waals surface area contributed by atoms with Crippen LogP contribution >= 0.6 is 0 Å². The van der Waals surface area contributed by atoms with Crippen molar-refractivity contribution in [3.63, 3.8) is 0 Å². The second-order valence-electron chi connectivity index (χ2n) is 4.74. The van der Waals surface area contributed by atoms with Crippen LogP contribution in [0.25, 0.3) is 11.3 Å². The summed E-state index contributed by atoms with van der Waals surface area (Å²) in [5.41, 5.74) is 3.37. The van der Waals surface area contributed by atoms with Gasteiger partial charge in [0, 0.05) is 17.7 Å². The van der Waals surface area contributed by atoms with Crippen LogP contribution in [-0.4, -0.2) is 22.8 Å². The van der Waals surface area contributed by atoms with Crippen LogP contribution in [0.15, 0.2) is 30.5 Å². The number of aromatic nitrogens is 2. The molecule has 0 aliphatic rings. The van der Waals surface area contributed by atoms with Crippen molar-refractivity contribution in [3.8, 4) is 17.0 Å². The number of benzene rings is 1. The minimum atomic E-state index is 0.197. The Labute approximate surface area is 114 Å². The first-order valence-electron chi connectivity index (χ1n) is 6.70. The SMILES string of the molecule is CCNCc1cn[nH]c1-c1ccc(OC(C)C)cc1. The Balaban J connectivity index is 2.15. The van der Waals surface area contributed by atoms with Crippen molar-refractivity contribution in [3.05, 3.63) is 36.0 Å². The molecule has 0 spiro atoms. The van der Waals surface area contributed by atoms with Gasteiger partial charge in [-0.1, -0.05) is 6.92 Å². The van der Waals surface area contributed by atoms with E-state index in [-0.39, 0.29) is 6.10 Å². The van der Waals surface area contributed by atoms with Gasteiger partial charge in [0.1, 0.15) is 5.75 Å². The number of nitrogens with one attached hydrogen (secondary N) is 2. The number of aromatic amines is 1. The molecule has 0 atom stereocenters. The molecule has 0 aliphatic carbocycles. The van der Waals surface area contributed by atoms with Gasteiger partial charge in [-0.3, -0.25) is 5.10 Å². The van der Waals surface area contributed by atoms with Crippen LogP contribution in [0.1, 0.15) is 26.3 Å². The van der Waals surface area contributed by atoms with Crippen LogP contribution in [-0.2, 0) is 6.54 Å². The molecule has 0 aliphatic heterocycles. The Morgan fingerprint density at radius 3 is 2.63 bits per heavy atom. The summed E-state index contributed by atoms with van der Waals surface area (Å²) >= 11 is 0. The third-order valence-electron chi connectivity index (χ3n) is 2.80. The molecule has 1 aromatic carbocycles. The maximum Gasteiger partial charge on any atom is 0.119 e. The van der Waals surface area contributed by atoms with Crippen molar-refractivity contribution in [1.82, 2.24) is 15.5 Å². The molecule has 0 fully saturated rings. The molecule has 0 saturated carbocycles. The lowest BCUT2D eigenvalue weighted by atomic mass is 10.1. The van der Waals surface area contributed by atoms with E-state index in [9.17, 15) is 0 Å². The fourth-order valence-corrected chi connectivity index (χ4v) is 1.93. The van der Waals surface area contributed by atoms with E-state index in [4.69, 9.17) is 4.74 Å². The van der Waals surface area contributed by atoms with Gasteiger partial charge in [0.25, 0.3) is 0 Å². The average Bonchev–Trinajstić information content (AvgIpc) is 2.85. The van der Waals surface area contributed by atoms with Gasteiger partial charge in [0.05, 0.1) is 18.0 Å². The predicted octanol–water partition coefficient (Wildman–Crippen LogP) is 2.97. The Kier molecular flexibility index (Phi) is 4.58. The molecule has 0 radical (unpaired) electrons. The highest BCUT2D eigenvalue weighted by Crippen LogP contribution is 2.24. The summed E-state index contributed by atoms with van der Waals surface area (Å²) in [6, 6.07) is 8.10. The van der Waals surface area contributed by atoms with E-state index in [0.29, 0.717) is 0 Å². The van der Waals surface area contributed by atoms with Gasteiger partial charge in [-0.05, 0) is 44.7 Å². The number of rotatable bonds is 6. The highest BCUT2D eigenvalue weighted by atomic mass is 16.5. The maximum atomic E-state index is 5.64. The highest BCUT2D eigenvalue weighted by molar-refractivity contribution is 5.63. The molecule has 4 heteroatoms. The minimum absolute atomic E-state index is 0.197. The lowest BCUT2D eigenvalue weighted by Gasteiger charge is -2.10. The summed E-state index contributed by atoms with van der Waals surface area (Å²) in [6.45, 7) is 7.92. The van der Waals surface area contributed by atoms with Crippen molar-refractivity contribution in [2.24, 2.45) is 0 Å². The molecule has 0 amide bonds. The molecular weight excluding hydrogens is 238 g/mol. The summed E-state index contributed by atoms with van der Waals surface area (Å²) in [4.78, 5) is 0. The molecule has 4 nitrogen and oxygen atoms in total. The summed E-state index contributed by atoms with van der Waals surface area (Å²) < 4.78 is 5.64. The van der Waals surface area contributed by atoms with Crippen LogP contribution in [0, 0.1) is 0 Å². The molecule has 2 rings (SSSR count). The van der Waals surface area contributed by atoms with Crippen LogP contribution in [0.2, 0.25) is 0 Å². The fourth-order valence-electron chi connectivity index (χ4n) is 1.93. The topological polar surface area (TPSA) is 49.9 Å². The molecule has 0 saturated heterocycles. The quantitative estimate of drug-likeness (QED) is 0.838. The largest absolute Gasteiger partial charge is 0.491 e. The van der Waals surface area contributed by atoms with E-state index in [1.807, 2.05) is 32.2 Å². The van der Waals surface area contributed by atoms with Gasteiger partial charge >= 0.3 is 0 Å². The van der Waals surface area contributed by atoms with Crippen LogP contribution in [0.4, 0.5) is 0 Å². The summed E-state index contributed by atoms with van der Waals surface area (Å²) in [7, 11) is 0. The lowest BCUT2D eigenvalue weighted by Crippen LogP contribution is -2.11. The van der Waals surface area contributed by atoms with Gasteiger partial charge in [-0.15, -0.1) is 0 Å². The summed E-state index contributed by atoms with van der Waals surface area (Å²) in [5, 5.41) is 10.5. The van der Waals surface area contributed by atoms with Gasteiger partial charge in [0.2, 0.25) is 0 Å². The van der Waals surface area contributed by atoms with Crippen LogP contribution < -0.4 is 10.1 Å². The normalized spacial score (nSPS) is 10.9. The number of hydrogen-bond acceptors (Lipinski definition) is 3. The Morgan fingerprint density at radius 2 is 2.00 bits per heavy atom. The number of hydrogen-bond donors (Lipinski definition) is 2. The molecule has 0 bridgehead atoms. The van der Waals surface area contributed by atoms with E-state index < -0.39 is 0 Å². The Hall–Kier alpha value is -1.81. The van der Waals surface area contributed by atoms with Crippen molar-refractivity contribution in [1.29, 1.82) is 0 Å². The zero-order valence-electron chi connectivity index (χ0n) is 11.7. The molecule has 0 unspecified atom stereocenters. The number of ether oxygens (including phenoxy) is 1. The van der Waals surface area contributed by atoms with Crippen molar-refractivity contribution >= 4 is 0 Å². The third-order valence-corrected chi connectivity index (χ3v) is 2.80. The molecule has 19 heavy (non-hydrogen) atoms. The number of H-pyrrole nitrogens is 1. The van der Waals surface area contributed by atoms with E-state index in [2.05, 4.69) is 34.6 Å². The Morgan fingerprint density at radius 1 is 1.26 bits per heavy atom. The van der Waals surface area contributed by atoms with Gasteiger partial charge in [-0.25, -0.2) is 0 Å². The standard InChI is InChI=1S/C15H21N3O/c1-4-16-9-13-10-17-18-15(13)12-5-7-14(8-6-12)19-11(2)3/h5-8,10-11,16H,4,9H2,1-3H3,(H,17,18). The fraction of sp³-hybridized carbons (Fsp3) is 0.400. The third kappa shape index (κ3) is 3.58. The lowest BCUT2D eigenvalue weighted by molar-refractivity contribution is 0.242. The first-order valence-corrected chi connectivity index (χ1v) is 6.70. The second kappa shape index (κ2) is 6.38. The number of nitrogens with zero attached hydrogens (tertiary/aromatic N) is 1. The van der Waals surface area contributed by atoms with E-state index in [0.717, 1.165) is 30.1 Å². The molecule has 2 N–H and O–H groups in total. The van der Waals surface area contributed by atoms with E-state index in [1.54, 1.807) is 0 Å². The van der Waals surface area contributed by atoms with Crippen molar-refractivity contribution < 1.29 is 4.74 Å². The van der Waals surface area contributed by atoms with Gasteiger partial charge in [0.15, 0.2) is 0 Å². The Bertz CT molecular complexity index is 502. The maximum absolute atomic E-state index is 5.64. The van der Waals surface area contributed by atoms with E-state index in [1.165, 1.54) is 5.56 Å². The van der Waals surface area contributed by atoms with E-state index >= 15 is 0 Å². The molecule has 102 valence electrons. The van der Waals surface area contributed by atoms with Gasteiger partial charge in [-0.2, -0.15) is 5.10 Å². The average molecular weight is 259 g/mol. The van der Waals surface area contributed by atoms with Crippen molar-refractivity contribution in [2.75, 3.05) is 6.54 Å². The first kappa shape index (κ1) is 13.6. The zero-order chi connectivity index (χ0) is 13.7. The highest BCUT2D eigenvalue weighted by Gasteiger charge is 2.07. The molecule has 1 heterocycles. The monoisotopic (exact) mass is 259 g/mol. The molecule has 1 aromatic heterocycles. The van der Waals surface area contributed by atoms with Crippen LogP contribution in [0.3, 0.4) is 0 Å². The van der Waals surface area contributed by atoms with Crippen LogP contribution in [0.5, 0.6) is 5.75 Å². The van der Waals surface area contributed by atoms with Crippen molar-refractivity contribution in [2.45, 2.75) is 33.4 Å². The minimum Gasteiger partial charge on any atom is -0.491 e. The second-order valence-corrected chi connectivity index (χ2v) is 4.74.